The van der Waals surface area contributed by atoms with Gasteiger partial charge < -0.3 is 5.11 Å². The quantitative estimate of drug-likeness (QED) is 0.727. The van der Waals surface area contributed by atoms with Crippen LogP contribution in [-0.2, 0) is 4.79 Å². The van der Waals surface area contributed by atoms with Crippen LogP contribution in [0.25, 0.3) is 0 Å². The number of halogens is 2. The number of benzene rings is 3. The van der Waals surface area contributed by atoms with Crippen LogP contribution in [0.4, 0.5) is 14.5 Å². The summed E-state index contributed by atoms with van der Waals surface area (Å²) in [5, 5.41) is 9.99. The van der Waals surface area contributed by atoms with E-state index in [1.807, 2.05) is 0 Å². The summed E-state index contributed by atoms with van der Waals surface area (Å²) in [5.41, 5.74) is 1.51. The van der Waals surface area contributed by atoms with Gasteiger partial charge in [0.15, 0.2) is 0 Å². The van der Waals surface area contributed by atoms with E-state index >= 15 is 0 Å². The molecule has 0 fully saturated rings. The normalized spacial score (nSPS) is 18.6. The molecule has 0 aliphatic carbocycles. The molecule has 3 aromatic carbocycles. The van der Waals surface area contributed by atoms with Gasteiger partial charge >= 0.3 is 5.97 Å². The van der Waals surface area contributed by atoms with E-state index < -0.39 is 35.5 Å². The van der Waals surface area contributed by atoms with Crippen LogP contribution in [-0.4, -0.2) is 17.0 Å². The van der Waals surface area contributed by atoms with Gasteiger partial charge in [0.25, 0.3) is 5.91 Å². The molecular weight excluding hydrogens is 364 g/mol. The molecule has 0 saturated heterocycles. The first kappa shape index (κ1) is 17.9. The molecule has 28 heavy (non-hydrogen) atoms. The Morgan fingerprint density at radius 3 is 2.04 bits per heavy atom. The Balaban J connectivity index is 1.97. The first-order chi connectivity index (χ1) is 13.5. The number of carbonyl (C=O) groups excluding carboxylic acids is 1. The van der Waals surface area contributed by atoms with Crippen molar-refractivity contribution in [2.45, 2.75) is 12.0 Å². The largest absolute Gasteiger partial charge is 0.481 e. The van der Waals surface area contributed by atoms with Gasteiger partial charge in [0, 0.05) is 11.3 Å². The molecule has 1 N–H and O–H groups in total. The van der Waals surface area contributed by atoms with Crippen molar-refractivity contribution in [2.75, 3.05) is 4.90 Å². The van der Waals surface area contributed by atoms with Gasteiger partial charge in [0.2, 0.25) is 0 Å². The van der Waals surface area contributed by atoms with Crippen LogP contribution >= 0.6 is 0 Å². The van der Waals surface area contributed by atoms with Gasteiger partial charge in [-0.3, -0.25) is 14.5 Å². The number of fused-ring (bicyclic) bond motifs is 1. The predicted molar refractivity (Wildman–Crippen MR) is 99.2 cm³/mol. The van der Waals surface area contributed by atoms with E-state index in [2.05, 4.69) is 0 Å². The van der Waals surface area contributed by atoms with E-state index in [4.69, 9.17) is 0 Å². The molecule has 0 radical (unpaired) electrons. The molecule has 2 atom stereocenters. The lowest BCUT2D eigenvalue weighted by atomic mass is 9.79. The first-order valence-corrected chi connectivity index (χ1v) is 8.63. The third kappa shape index (κ3) is 2.93. The highest BCUT2D eigenvalue weighted by molar-refractivity contribution is 6.10. The summed E-state index contributed by atoms with van der Waals surface area (Å²) in [7, 11) is 0. The van der Waals surface area contributed by atoms with Crippen LogP contribution in [0, 0.1) is 11.6 Å². The zero-order valence-electron chi connectivity index (χ0n) is 14.5. The summed E-state index contributed by atoms with van der Waals surface area (Å²) in [6, 6.07) is 16.3. The fourth-order valence-electron chi connectivity index (χ4n) is 3.69. The molecule has 6 heteroatoms. The maximum absolute atomic E-state index is 13.5. The van der Waals surface area contributed by atoms with Crippen molar-refractivity contribution in [1.82, 2.24) is 0 Å². The number of carboxylic acids is 1. The summed E-state index contributed by atoms with van der Waals surface area (Å²) in [6.45, 7) is 0. The fraction of sp³-hybridized carbons (Fsp3) is 0.0909. The van der Waals surface area contributed by atoms with Crippen molar-refractivity contribution in [2.24, 2.45) is 0 Å². The molecule has 1 aliphatic heterocycles. The lowest BCUT2D eigenvalue weighted by Gasteiger charge is -2.40. The average molecular weight is 379 g/mol. The van der Waals surface area contributed by atoms with Gasteiger partial charge in [0.05, 0.1) is 6.04 Å². The number of hydrogen-bond acceptors (Lipinski definition) is 2. The Bertz CT molecular complexity index is 1050. The molecule has 4 nitrogen and oxygen atoms in total. The molecule has 140 valence electrons. The van der Waals surface area contributed by atoms with Gasteiger partial charge in [0.1, 0.15) is 17.6 Å². The van der Waals surface area contributed by atoms with Crippen LogP contribution in [0.15, 0.2) is 72.8 Å². The van der Waals surface area contributed by atoms with E-state index in [1.54, 1.807) is 24.3 Å². The third-order valence-corrected chi connectivity index (χ3v) is 4.92. The molecule has 0 aromatic heterocycles. The number of aliphatic carboxylic acids is 1. The highest BCUT2D eigenvalue weighted by Gasteiger charge is 2.44. The number of carbonyl (C=O) groups is 2. The van der Waals surface area contributed by atoms with E-state index in [0.717, 1.165) is 0 Å². The number of anilines is 1. The zero-order chi connectivity index (χ0) is 19.8. The fourth-order valence-corrected chi connectivity index (χ4v) is 3.69. The molecule has 4 rings (SSSR count). The van der Waals surface area contributed by atoms with Gasteiger partial charge in [-0.2, -0.15) is 0 Å². The molecule has 1 aliphatic rings. The highest BCUT2D eigenvalue weighted by Crippen LogP contribution is 2.45. The van der Waals surface area contributed by atoms with Gasteiger partial charge in [-0.15, -0.1) is 0 Å². The maximum atomic E-state index is 13.5. The van der Waals surface area contributed by atoms with Gasteiger partial charge in [-0.05, 0) is 53.6 Å². The van der Waals surface area contributed by atoms with Crippen molar-refractivity contribution in [3.8, 4) is 0 Å². The van der Waals surface area contributed by atoms with Gasteiger partial charge in [-0.1, -0.05) is 30.3 Å². The SMILES string of the molecule is O=C(O)[C@@H]1c2ccccc2C(=O)N(c2ccc(F)cc2)[C@H]1c1ccc(F)cc1. The maximum Gasteiger partial charge on any atom is 0.313 e. The Hall–Kier alpha value is -3.54. The lowest BCUT2D eigenvalue weighted by molar-refractivity contribution is -0.139. The Morgan fingerprint density at radius 2 is 1.43 bits per heavy atom. The second kappa shape index (κ2) is 6.88. The average Bonchev–Trinajstić information content (AvgIpc) is 2.69. The van der Waals surface area contributed by atoms with Gasteiger partial charge in [-0.25, -0.2) is 8.78 Å². The van der Waals surface area contributed by atoms with E-state index in [1.165, 1.54) is 53.4 Å². The molecule has 1 heterocycles. The van der Waals surface area contributed by atoms with Crippen molar-refractivity contribution in [3.05, 3.63) is 101 Å². The molecule has 0 unspecified atom stereocenters. The van der Waals surface area contributed by atoms with Crippen LogP contribution in [0.5, 0.6) is 0 Å². The molecule has 0 spiro atoms. The lowest BCUT2D eigenvalue weighted by Crippen LogP contribution is -2.45. The highest BCUT2D eigenvalue weighted by atomic mass is 19.1. The molecule has 1 amide bonds. The number of amides is 1. The van der Waals surface area contributed by atoms with Crippen molar-refractivity contribution in [1.29, 1.82) is 0 Å². The number of nitrogens with zero attached hydrogens (tertiary/aromatic N) is 1. The van der Waals surface area contributed by atoms with Crippen LogP contribution in [0.1, 0.15) is 33.4 Å². The molecular formula is C22H15F2NO3. The monoisotopic (exact) mass is 379 g/mol. The number of rotatable bonds is 3. The number of carboxylic acid groups (broad SMARTS) is 1. The summed E-state index contributed by atoms with van der Waals surface area (Å²) in [5.74, 6) is -3.51. The second-order valence-electron chi connectivity index (χ2n) is 6.55. The van der Waals surface area contributed by atoms with E-state index in [0.29, 0.717) is 16.8 Å². The Labute approximate surface area is 159 Å². The summed E-state index contributed by atoms with van der Waals surface area (Å²) >= 11 is 0. The van der Waals surface area contributed by atoms with E-state index in [-0.39, 0.29) is 5.56 Å². The second-order valence-corrected chi connectivity index (χ2v) is 6.55. The minimum atomic E-state index is -1.11. The standard InChI is InChI=1S/C22H15F2NO3/c23-14-7-5-13(6-8-14)20-19(22(27)28)17-3-1-2-4-18(17)21(26)25(20)16-11-9-15(24)10-12-16/h1-12,19-20H,(H,27,28)/t19-,20+/m1/s1. The van der Waals surface area contributed by atoms with Crippen LogP contribution in [0.3, 0.4) is 0 Å². The Kier molecular flexibility index (Phi) is 4.39. The zero-order valence-corrected chi connectivity index (χ0v) is 14.5. The summed E-state index contributed by atoms with van der Waals surface area (Å²) in [6.07, 6.45) is 0. The Morgan fingerprint density at radius 1 is 0.857 bits per heavy atom. The summed E-state index contributed by atoms with van der Waals surface area (Å²) in [4.78, 5) is 26.9. The van der Waals surface area contributed by atoms with Crippen molar-refractivity contribution >= 4 is 17.6 Å². The van der Waals surface area contributed by atoms with Crippen molar-refractivity contribution < 1.29 is 23.5 Å². The minimum Gasteiger partial charge on any atom is -0.481 e. The molecule has 3 aromatic rings. The molecule has 0 saturated carbocycles. The number of hydrogen-bond donors (Lipinski definition) is 1. The first-order valence-electron chi connectivity index (χ1n) is 8.63. The predicted octanol–water partition coefficient (Wildman–Crippen LogP) is 4.53. The third-order valence-electron chi connectivity index (χ3n) is 4.92. The molecule has 0 bridgehead atoms. The topological polar surface area (TPSA) is 57.6 Å². The van der Waals surface area contributed by atoms with Crippen LogP contribution < -0.4 is 4.90 Å². The van der Waals surface area contributed by atoms with Crippen LogP contribution in [0.2, 0.25) is 0 Å². The minimum absolute atomic E-state index is 0.276. The summed E-state index contributed by atoms with van der Waals surface area (Å²) < 4.78 is 26.9. The smallest absolute Gasteiger partial charge is 0.313 e. The van der Waals surface area contributed by atoms with Crippen molar-refractivity contribution in [3.63, 3.8) is 0 Å². The van der Waals surface area contributed by atoms with E-state index in [9.17, 15) is 23.5 Å².